The number of hydrogen-bond acceptors (Lipinski definition) is 7. The van der Waals surface area contributed by atoms with E-state index in [-0.39, 0.29) is 0 Å². The molecule has 160 valence electrons. The van der Waals surface area contributed by atoms with Crippen LogP contribution in [0.4, 0.5) is 22.7 Å². The van der Waals surface area contributed by atoms with Crippen LogP contribution >= 0.6 is 0 Å². The fourth-order valence-electron chi connectivity index (χ4n) is 2.56. The van der Waals surface area contributed by atoms with Crippen LogP contribution in [0.5, 0.6) is 0 Å². The van der Waals surface area contributed by atoms with Gasteiger partial charge in [0.05, 0.1) is 26.4 Å². The summed E-state index contributed by atoms with van der Waals surface area (Å²) < 4.78 is 16.6. The van der Waals surface area contributed by atoms with Crippen molar-refractivity contribution in [1.29, 1.82) is 0 Å². The Morgan fingerprint density at radius 3 is 1.24 bits per heavy atom. The molecule has 0 aromatic heterocycles. The maximum Gasteiger partial charge on any atom is 0.0701 e. The normalized spacial score (nSPS) is 10.8. The maximum atomic E-state index is 5.66. The highest BCUT2D eigenvalue weighted by molar-refractivity contribution is 5.51. The van der Waals surface area contributed by atoms with Crippen molar-refractivity contribution in [3.8, 4) is 0 Å². The second-order valence-electron chi connectivity index (χ2n) is 6.64. The summed E-state index contributed by atoms with van der Waals surface area (Å²) in [4.78, 5) is 0. The number of hydrogen-bond donors (Lipinski definition) is 4. The molecule has 7 nitrogen and oxygen atoms in total. The van der Waals surface area contributed by atoms with Crippen LogP contribution in [0, 0.1) is 0 Å². The molecule has 0 saturated carbocycles. The molecular weight excluding hydrogens is 368 g/mol. The molecule has 0 spiro atoms. The molecule has 0 bridgehead atoms. The zero-order valence-electron chi connectivity index (χ0n) is 17.1. The number of nitrogens with two attached hydrogens (primary N) is 2. The summed E-state index contributed by atoms with van der Waals surface area (Å²) in [6.07, 6.45) is 1.88. The number of benzene rings is 2. The molecule has 0 aliphatic heterocycles. The van der Waals surface area contributed by atoms with Gasteiger partial charge in [-0.3, -0.25) is 0 Å². The topological polar surface area (TPSA) is 104 Å². The van der Waals surface area contributed by atoms with E-state index < -0.39 is 0 Å². The lowest BCUT2D eigenvalue weighted by Crippen LogP contribution is -2.12. The Bertz CT molecular complexity index is 593. The van der Waals surface area contributed by atoms with E-state index >= 15 is 0 Å². The first-order valence-electron chi connectivity index (χ1n) is 10.2. The Morgan fingerprint density at radius 2 is 0.862 bits per heavy atom. The van der Waals surface area contributed by atoms with Gasteiger partial charge in [-0.1, -0.05) is 0 Å². The van der Waals surface area contributed by atoms with Gasteiger partial charge in [0.15, 0.2) is 0 Å². The molecule has 0 aliphatic carbocycles. The van der Waals surface area contributed by atoms with E-state index in [2.05, 4.69) is 10.6 Å². The van der Waals surface area contributed by atoms with Crippen LogP contribution in [-0.2, 0) is 14.2 Å². The van der Waals surface area contributed by atoms with E-state index in [9.17, 15) is 0 Å². The zero-order chi connectivity index (χ0) is 20.6. The van der Waals surface area contributed by atoms with Gasteiger partial charge >= 0.3 is 0 Å². The molecule has 2 aromatic carbocycles. The van der Waals surface area contributed by atoms with E-state index in [1.54, 1.807) is 0 Å². The molecule has 0 unspecified atom stereocenters. The predicted octanol–water partition coefficient (Wildman–Crippen LogP) is 3.21. The maximum absolute atomic E-state index is 5.66. The van der Waals surface area contributed by atoms with Crippen molar-refractivity contribution >= 4 is 22.7 Å². The Kier molecular flexibility index (Phi) is 11.4. The molecule has 2 aromatic rings. The van der Waals surface area contributed by atoms with Crippen LogP contribution in [0.2, 0.25) is 0 Å². The van der Waals surface area contributed by atoms with E-state index in [1.165, 1.54) is 0 Å². The molecule has 6 N–H and O–H groups in total. The van der Waals surface area contributed by atoms with Crippen LogP contribution in [0.1, 0.15) is 12.8 Å². The fraction of sp³-hybridized carbons (Fsp3) is 0.455. The Hall–Kier alpha value is -2.48. The molecule has 0 radical (unpaired) electrons. The van der Waals surface area contributed by atoms with Crippen molar-refractivity contribution in [2.75, 3.05) is 74.8 Å². The van der Waals surface area contributed by atoms with Crippen molar-refractivity contribution in [2.45, 2.75) is 12.8 Å². The minimum absolute atomic E-state index is 0.591. The Balaban J connectivity index is 1.29. The SMILES string of the molecule is Nc1ccc(NCCCOCCOCCOCCCNc2ccc(N)cc2)cc1. The lowest BCUT2D eigenvalue weighted by molar-refractivity contribution is 0.0145. The highest BCUT2D eigenvalue weighted by Gasteiger charge is 1.95. The van der Waals surface area contributed by atoms with Crippen molar-refractivity contribution in [1.82, 2.24) is 0 Å². The highest BCUT2D eigenvalue weighted by atomic mass is 16.5. The van der Waals surface area contributed by atoms with Crippen molar-refractivity contribution < 1.29 is 14.2 Å². The third kappa shape index (κ3) is 11.2. The number of rotatable bonds is 16. The molecule has 0 amide bonds. The molecule has 2 rings (SSSR count). The summed E-state index contributed by atoms with van der Waals surface area (Å²) >= 11 is 0. The summed E-state index contributed by atoms with van der Waals surface area (Å²) in [5.74, 6) is 0. The average Bonchev–Trinajstić information content (AvgIpc) is 2.73. The summed E-state index contributed by atoms with van der Waals surface area (Å²) in [7, 11) is 0. The zero-order valence-corrected chi connectivity index (χ0v) is 17.1. The van der Waals surface area contributed by atoms with E-state index in [4.69, 9.17) is 25.7 Å². The highest BCUT2D eigenvalue weighted by Crippen LogP contribution is 2.10. The number of nitrogens with one attached hydrogen (secondary N) is 2. The minimum atomic E-state index is 0.591. The van der Waals surface area contributed by atoms with Crippen LogP contribution in [-0.4, -0.2) is 52.7 Å². The molecule has 0 atom stereocenters. The van der Waals surface area contributed by atoms with Crippen LogP contribution in [0.15, 0.2) is 48.5 Å². The summed E-state index contributed by atoms with van der Waals surface area (Å²) in [5.41, 5.74) is 15.0. The van der Waals surface area contributed by atoms with Gasteiger partial charge in [-0.05, 0) is 61.4 Å². The molecular formula is C22H34N4O3. The van der Waals surface area contributed by atoms with Gasteiger partial charge in [0.2, 0.25) is 0 Å². The van der Waals surface area contributed by atoms with Crippen LogP contribution < -0.4 is 22.1 Å². The van der Waals surface area contributed by atoms with Gasteiger partial charge in [0.25, 0.3) is 0 Å². The van der Waals surface area contributed by atoms with E-state index in [0.29, 0.717) is 39.6 Å². The van der Waals surface area contributed by atoms with Crippen molar-refractivity contribution in [3.63, 3.8) is 0 Å². The fourth-order valence-corrected chi connectivity index (χ4v) is 2.56. The standard InChI is InChI=1S/C22H34N4O3/c23-19-3-7-21(8-4-19)25-11-1-13-27-15-17-29-18-16-28-14-2-12-26-22-9-5-20(24)6-10-22/h3-10,25-26H,1-2,11-18,23-24H2. The van der Waals surface area contributed by atoms with E-state index in [0.717, 1.165) is 48.7 Å². The minimum Gasteiger partial charge on any atom is -0.399 e. The molecule has 0 heterocycles. The van der Waals surface area contributed by atoms with Crippen LogP contribution in [0.3, 0.4) is 0 Å². The molecule has 0 fully saturated rings. The number of ether oxygens (including phenoxy) is 3. The van der Waals surface area contributed by atoms with Crippen molar-refractivity contribution in [2.24, 2.45) is 0 Å². The summed E-state index contributed by atoms with van der Waals surface area (Å²) in [6.45, 7) is 5.55. The van der Waals surface area contributed by atoms with Gasteiger partial charge in [-0.15, -0.1) is 0 Å². The predicted molar refractivity (Wildman–Crippen MR) is 120 cm³/mol. The van der Waals surface area contributed by atoms with Gasteiger partial charge in [-0.25, -0.2) is 0 Å². The number of nitrogen functional groups attached to an aromatic ring is 2. The lowest BCUT2D eigenvalue weighted by atomic mass is 10.3. The first-order valence-corrected chi connectivity index (χ1v) is 10.2. The second kappa shape index (κ2) is 14.5. The Labute approximate surface area is 173 Å². The van der Waals surface area contributed by atoms with Crippen molar-refractivity contribution in [3.05, 3.63) is 48.5 Å². The first-order chi connectivity index (χ1) is 14.2. The van der Waals surface area contributed by atoms with Gasteiger partial charge in [-0.2, -0.15) is 0 Å². The lowest BCUT2D eigenvalue weighted by Gasteiger charge is -2.09. The molecule has 0 aliphatic rings. The molecule has 29 heavy (non-hydrogen) atoms. The smallest absolute Gasteiger partial charge is 0.0701 e. The second-order valence-corrected chi connectivity index (χ2v) is 6.64. The van der Waals surface area contributed by atoms with Crippen LogP contribution in [0.25, 0.3) is 0 Å². The largest absolute Gasteiger partial charge is 0.399 e. The van der Waals surface area contributed by atoms with Gasteiger partial charge < -0.3 is 36.3 Å². The monoisotopic (exact) mass is 402 g/mol. The van der Waals surface area contributed by atoms with Gasteiger partial charge in [0, 0.05) is 49.1 Å². The molecule has 0 saturated heterocycles. The van der Waals surface area contributed by atoms with Gasteiger partial charge in [0.1, 0.15) is 0 Å². The average molecular weight is 403 g/mol. The first kappa shape index (κ1) is 22.8. The summed E-state index contributed by atoms with van der Waals surface area (Å²) in [6, 6.07) is 15.4. The van der Waals surface area contributed by atoms with E-state index in [1.807, 2.05) is 48.5 Å². The Morgan fingerprint density at radius 1 is 0.517 bits per heavy atom. The third-order valence-corrected chi connectivity index (χ3v) is 4.15. The number of anilines is 4. The summed E-state index contributed by atoms with van der Waals surface area (Å²) in [5, 5.41) is 6.66. The molecule has 7 heteroatoms. The quantitative estimate of drug-likeness (QED) is 0.252. The third-order valence-electron chi connectivity index (χ3n) is 4.15.